The largest absolute Gasteiger partial charge is 0.493 e. The molecule has 0 bridgehead atoms. The zero-order chi connectivity index (χ0) is 13.1. The van der Waals surface area contributed by atoms with E-state index in [-0.39, 0.29) is 0 Å². The minimum absolute atomic E-state index is 0.520. The molecule has 0 aliphatic carbocycles. The fourth-order valence-electron chi connectivity index (χ4n) is 1.85. The summed E-state index contributed by atoms with van der Waals surface area (Å²) in [5.74, 6) is 1.42. The maximum Gasteiger partial charge on any atom is 0.120 e. The van der Waals surface area contributed by atoms with E-state index in [4.69, 9.17) is 10.5 Å². The van der Waals surface area contributed by atoms with Gasteiger partial charge in [0, 0.05) is 17.6 Å². The Balaban J connectivity index is 2.34. The van der Waals surface area contributed by atoms with Gasteiger partial charge < -0.3 is 10.5 Å². The molecule has 0 fully saturated rings. The van der Waals surface area contributed by atoms with Crippen LogP contribution in [0, 0.1) is 12.8 Å². The predicted octanol–water partition coefficient (Wildman–Crippen LogP) is 3.04. The third kappa shape index (κ3) is 2.79. The number of nitrogens with two attached hydrogens (primary N) is 1. The Morgan fingerprint density at radius 3 is 2.72 bits per heavy atom. The highest BCUT2D eigenvalue weighted by atomic mass is 16.5. The van der Waals surface area contributed by atoms with Crippen LogP contribution < -0.4 is 10.5 Å². The highest BCUT2D eigenvalue weighted by Gasteiger charge is 2.04. The summed E-state index contributed by atoms with van der Waals surface area (Å²) in [6, 6.07) is 8.10. The van der Waals surface area contributed by atoms with E-state index in [1.807, 2.05) is 25.1 Å². The third-order valence-corrected chi connectivity index (χ3v) is 2.88. The summed E-state index contributed by atoms with van der Waals surface area (Å²) < 4.78 is 5.72. The zero-order valence-corrected chi connectivity index (χ0v) is 11.2. The minimum Gasteiger partial charge on any atom is -0.493 e. The maximum atomic E-state index is 5.72. The number of aryl methyl sites for hydroxylation is 1. The van der Waals surface area contributed by atoms with Gasteiger partial charge in [0.2, 0.25) is 0 Å². The van der Waals surface area contributed by atoms with Crippen LogP contribution in [0.1, 0.15) is 25.1 Å². The molecule has 0 saturated carbocycles. The molecule has 1 aromatic carbocycles. The standard InChI is InChI=1S/C15H20N2O/c1-10(2)9-18-14-4-5-15-12(7-14)6-13(8-16)11(3)17-15/h4-7,10H,8-9,16H2,1-3H3. The van der Waals surface area contributed by atoms with E-state index >= 15 is 0 Å². The second kappa shape index (κ2) is 5.36. The summed E-state index contributed by atoms with van der Waals surface area (Å²) in [6.07, 6.45) is 0. The Labute approximate surface area is 108 Å². The molecule has 0 unspecified atom stereocenters. The fraction of sp³-hybridized carbons (Fsp3) is 0.400. The molecule has 0 atom stereocenters. The molecule has 18 heavy (non-hydrogen) atoms. The first-order chi connectivity index (χ1) is 8.60. The van der Waals surface area contributed by atoms with Crippen molar-refractivity contribution < 1.29 is 4.74 Å². The number of fused-ring (bicyclic) bond motifs is 1. The number of pyridine rings is 1. The van der Waals surface area contributed by atoms with Crippen molar-refractivity contribution in [3.63, 3.8) is 0 Å². The van der Waals surface area contributed by atoms with Crippen molar-refractivity contribution in [2.75, 3.05) is 6.61 Å². The molecule has 0 radical (unpaired) electrons. The molecule has 0 aliphatic heterocycles. The second-order valence-electron chi connectivity index (χ2n) is 5.00. The van der Waals surface area contributed by atoms with Gasteiger partial charge in [-0.3, -0.25) is 4.98 Å². The van der Waals surface area contributed by atoms with Crippen LogP contribution in [0.15, 0.2) is 24.3 Å². The van der Waals surface area contributed by atoms with Gasteiger partial charge >= 0.3 is 0 Å². The molecule has 0 saturated heterocycles. The van der Waals surface area contributed by atoms with E-state index in [1.54, 1.807) is 0 Å². The maximum absolute atomic E-state index is 5.72. The van der Waals surface area contributed by atoms with Gasteiger partial charge in [-0.15, -0.1) is 0 Å². The molecule has 0 aliphatic rings. The molecule has 96 valence electrons. The van der Waals surface area contributed by atoms with Crippen LogP contribution in [0.5, 0.6) is 5.75 Å². The lowest BCUT2D eigenvalue weighted by atomic mass is 10.1. The SMILES string of the molecule is Cc1nc2ccc(OCC(C)C)cc2cc1CN. The highest BCUT2D eigenvalue weighted by molar-refractivity contribution is 5.81. The Morgan fingerprint density at radius 2 is 2.06 bits per heavy atom. The molecule has 3 nitrogen and oxygen atoms in total. The Morgan fingerprint density at radius 1 is 1.28 bits per heavy atom. The summed E-state index contributed by atoms with van der Waals surface area (Å²) in [7, 11) is 0. The number of ether oxygens (including phenoxy) is 1. The second-order valence-corrected chi connectivity index (χ2v) is 5.00. The van der Waals surface area contributed by atoms with Gasteiger partial charge in [-0.1, -0.05) is 13.8 Å². The van der Waals surface area contributed by atoms with Gasteiger partial charge in [-0.2, -0.15) is 0 Å². The van der Waals surface area contributed by atoms with E-state index in [9.17, 15) is 0 Å². The molecule has 1 aromatic heterocycles. The number of nitrogens with zero attached hydrogens (tertiary/aromatic N) is 1. The molecule has 0 amide bonds. The lowest BCUT2D eigenvalue weighted by molar-refractivity contribution is 0.271. The quantitative estimate of drug-likeness (QED) is 0.899. The first-order valence-electron chi connectivity index (χ1n) is 6.33. The van der Waals surface area contributed by atoms with E-state index in [0.29, 0.717) is 12.5 Å². The predicted molar refractivity (Wildman–Crippen MR) is 74.7 cm³/mol. The van der Waals surface area contributed by atoms with Crippen LogP contribution in [0.25, 0.3) is 10.9 Å². The summed E-state index contributed by atoms with van der Waals surface area (Å²) in [6.45, 7) is 7.52. The number of benzene rings is 1. The third-order valence-electron chi connectivity index (χ3n) is 2.88. The molecule has 3 heteroatoms. The van der Waals surface area contributed by atoms with Crippen molar-refractivity contribution >= 4 is 10.9 Å². The molecular weight excluding hydrogens is 224 g/mol. The van der Waals surface area contributed by atoms with E-state index in [2.05, 4.69) is 24.9 Å². The number of hydrogen-bond acceptors (Lipinski definition) is 3. The van der Waals surface area contributed by atoms with Crippen LogP contribution in [0.2, 0.25) is 0 Å². The lowest BCUT2D eigenvalue weighted by Gasteiger charge is -2.10. The molecule has 2 rings (SSSR count). The molecule has 2 aromatic rings. The monoisotopic (exact) mass is 244 g/mol. The van der Waals surface area contributed by atoms with Crippen LogP contribution >= 0.6 is 0 Å². The molecule has 2 N–H and O–H groups in total. The van der Waals surface area contributed by atoms with Crippen molar-refractivity contribution in [2.24, 2.45) is 11.7 Å². The lowest BCUT2D eigenvalue weighted by Crippen LogP contribution is -2.04. The summed E-state index contributed by atoms with van der Waals surface area (Å²) >= 11 is 0. The Bertz CT molecular complexity index is 549. The van der Waals surface area contributed by atoms with E-state index in [1.165, 1.54) is 0 Å². The van der Waals surface area contributed by atoms with Gasteiger partial charge in [-0.25, -0.2) is 0 Å². The van der Waals surface area contributed by atoms with Crippen molar-refractivity contribution in [2.45, 2.75) is 27.3 Å². The molecular formula is C15H20N2O. The van der Waals surface area contributed by atoms with Crippen LogP contribution in [0.4, 0.5) is 0 Å². The Hall–Kier alpha value is -1.61. The van der Waals surface area contributed by atoms with Crippen molar-refractivity contribution in [1.29, 1.82) is 0 Å². The molecule has 0 spiro atoms. The highest BCUT2D eigenvalue weighted by Crippen LogP contribution is 2.22. The van der Waals surface area contributed by atoms with Gasteiger partial charge in [0.05, 0.1) is 12.1 Å². The first-order valence-corrected chi connectivity index (χ1v) is 6.33. The van der Waals surface area contributed by atoms with E-state index < -0.39 is 0 Å². The van der Waals surface area contributed by atoms with Crippen molar-refractivity contribution in [1.82, 2.24) is 4.98 Å². The van der Waals surface area contributed by atoms with Crippen LogP contribution in [-0.4, -0.2) is 11.6 Å². The number of hydrogen-bond donors (Lipinski definition) is 1. The van der Waals surface area contributed by atoms with Gasteiger partial charge in [0.1, 0.15) is 5.75 Å². The summed E-state index contributed by atoms with van der Waals surface area (Å²) in [5.41, 5.74) is 8.78. The van der Waals surface area contributed by atoms with Crippen molar-refractivity contribution in [3.05, 3.63) is 35.5 Å². The average molecular weight is 244 g/mol. The zero-order valence-electron chi connectivity index (χ0n) is 11.2. The first kappa shape index (κ1) is 12.8. The van der Waals surface area contributed by atoms with Crippen LogP contribution in [-0.2, 0) is 6.54 Å². The Kier molecular flexibility index (Phi) is 3.82. The van der Waals surface area contributed by atoms with Gasteiger partial charge in [0.15, 0.2) is 0 Å². The van der Waals surface area contributed by atoms with Gasteiger partial charge in [0.25, 0.3) is 0 Å². The summed E-state index contributed by atoms with van der Waals surface area (Å²) in [5, 5.41) is 1.09. The molecule has 1 heterocycles. The average Bonchev–Trinajstić information content (AvgIpc) is 2.35. The van der Waals surface area contributed by atoms with Gasteiger partial charge in [-0.05, 0) is 42.7 Å². The van der Waals surface area contributed by atoms with Crippen molar-refractivity contribution in [3.8, 4) is 5.75 Å². The van der Waals surface area contributed by atoms with Crippen LogP contribution in [0.3, 0.4) is 0 Å². The van der Waals surface area contributed by atoms with E-state index in [0.717, 1.165) is 34.5 Å². The smallest absolute Gasteiger partial charge is 0.120 e. The number of rotatable bonds is 4. The topological polar surface area (TPSA) is 48.1 Å². The summed E-state index contributed by atoms with van der Waals surface area (Å²) in [4.78, 5) is 4.55. The number of aromatic nitrogens is 1. The minimum atomic E-state index is 0.520. The normalized spacial score (nSPS) is 11.2. The fourth-order valence-corrected chi connectivity index (χ4v) is 1.85.